The predicted molar refractivity (Wildman–Crippen MR) is 89.3 cm³/mol. The summed E-state index contributed by atoms with van der Waals surface area (Å²) in [6, 6.07) is 8.31. The lowest BCUT2D eigenvalue weighted by atomic mass is 10.1. The first-order chi connectivity index (χ1) is 11.1. The Morgan fingerprint density at radius 3 is 2.87 bits per heavy atom. The first kappa shape index (κ1) is 14.8. The summed E-state index contributed by atoms with van der Waals surface area (Å²) < 4.78 is 2.17. The lowest BCUT2D eigenvalue weighted by Gasteiger charge is -2.30. The van der Waals surface area contributed by atoms with Crippen molar-refractivity contribution in [2.24, 2.45) is 0 Å². The van der Waals surface area contributed by atoms with Crippen molar-refractivity contribution >= 4 is 17.7 Å². The van der Waals surface area contributed by atoms with Gasteiger partial charge in [0.1, 0.15) is 5.82 Å². The summed E-state index contributed by atoms with van der Waals surface area (Å²) in [4.78, 5) is 16.1. The van der Waals surface area contributed by atoms with E-state index < -0.39 is 0 Å². The van der Waals surface area contributed by atoms with Gasteiger partial charge in [0.05, 0.1) is 11.8 Å². The van der Waals surface area contributed by atoms with Gasteiger partial charge in [0.15, 0.2) is 5.82 Å². The number of carbonyl (C=O) groups excluding carboxylic acids is 1. The fourth-order valence-corrected chi connectivity index (χ4v) is 4.60. The molecule has 1 atom stereocenters. The third kappa shape index (κ3) is 2.55. The fourth-order valence-electron chi connectivity index (χ4n) is 3.32. The van der Waals surface area contributed by atoms with Crippen molar-refractivity contribution < 1.29 is 4.79 Å². The van der Waals surface area contributed by atoms with Gasteiger partial charge in [-0.2, -0.15) is 0 Å². The Bertz CT molecular complexity index is 730. The molecule has 0 unspecified atom stereocenters. The summed E-state index contributed by atoms with van der Waals surface area (Å²) in [5, 5.41) is 8.59. The molecule has 2 aliphatic heterocycles. The Balaban J connectivity index is 1.49. The zero-order valence-corrected chi connectivity index (χ0v) is 14.2. The van der Waals surface area contributed by atoms with Crippen LogP contribution in [0.25, 0.3) is 0 Å². The summed E-state index contributed by atoms with van der Waals surface area (Å²) in [6.07, 6.45) is 0.833. The molecule has 3 heterocycles. The number of aromatic nitrogens is 3. The van der Waals surface area contributed by atoms with E-state index in [1.807, 2.05) is 17.0 Å². The van der Waals surface area contributed by atoms with Crippen LogP contribution < -0.4 is 0 Å². The average Bonchev–Trinajstić information content (AvgIpc) is 3.17. The van der Waals surface area contributed by atoms with Crippen LogP contribution >= 0.6 is 11.8 Å². The van der Waals surface area contributed by atoms with E-state index in [1.165, 1.54) is 10.5 Å². The highest BCUT2D eigenvalue weighted by Crippen LogP contribution is 2.38. The summed E-state index contributed by atoms with van der Waals surface area (Å²) in [6.45, 7) is 6.37. The highest BCUT2D eigenvalue weighted by atomic mass is 32.2. The molecule has 23 heavy (non-hydrogen) atoms. The van der Waals surface area contributed by atoms with E-state index in [0.29, 0.717) is 12.5 Å². The van der Waals surface area contributed by atoms with E-state index in [0.717, 1.165) is 31.2 Å². The van der Waals surface area contributed by atoms with Crippen LogP contribution in [0, 0.1) is 0 Å². The molecule has 1 amide bonds. The highest BCUT2D eigenvalue weighted by molar-refractivity contribution is 8.01. The van der Waals surface area contributed by atoms with Gasteiger partial charge < -0.3 is 9.47 Å². The number of amides is 1. The second kappa shape index (κ2) is 5.67. The van der Waals surface area contributed by atoms with Gasteiger partial charge in [-0.15, -0.1) is 22.0 Å². The number of rotatable bonds is 2. The molecule has 0 N–H and O–H groups in total. The topological polar surface area (TPSA) is 51.0 Å². The van der Waals surface area contributed by atoms with Crippen LogP contribution in [0.15, 0.2) is 29.2 Å². The van der Waals surface area contributed by atoms with Gasteiger partial charge in [0.25, 0.3) is 0 Å². The molecule has 2 aromatic rings. The molecule has 0 radical (unpaired) electrons. The molecule has 0 spiro atoms. The molecule has 0 bridgehead atoms. The lowest BCUT2D eigenvalue weighted by molar-refractivity contribution is -0.132. The largest absolute Gasteiger partial charge is 0.332 e. The number of nitrogens with zero attached hydrogens (tertiary/aromatic N) is 4. The SMILES string of the molecule is CC(C)c1nnc2n1CCN(C(=O)[C@H]1Cc3ccccc3S1)C2. The van der Waals surface area contributed by atoms with Crippen molar-refractivity contribution in [3.05, 3.63) is 41.5 Å². The van der Waals surface area contributed by atoms with Gasteiger partial charge in [0.2, 0.25) is 5.91 Å². The van der Waals surface area contributed by atoms with Gasteiger partial charge >= 0.3 is 0 Å². The molecule has 1 aromatic carbocycles. The number of carbonyl (C=O) groups is 1. The molecule has 1 aromatic heterocycles. The molecular weight excluding hydrogens is 308 g/mol. The number of fused-ring (bicyclic) bond motifs is 2. The van der Waals surface area contributed by atoms with Gasteiger partial charge in [-0.05, 0) is 18.1 Å². The molecule has 6 heteroatoms. The Morgan fingerprint density at radius 1 is 1.26 bits per heavy atom. The van der Waals surface area contributed by atoms with Crippen LogP contribution in [0.5, 0.6) is 0 Å². The first-order valence-corrected chi connectivity index (χ1v) is 8.97. The van der Waals surface area contributed by atoms with E-state index in [-0.39, 0.29) is 11.2 Å². The van der Waals surface area contributed by atoms with Crippen LogP contribution in [-0.4, -0.2) is 37.4 Å². The van der Waals surface area contributed by atoms with E-state index >= 15 is 0 Å². The van der Waals surface area contributed by atoms with E-state index in [1.54, 1.807) is 11.8 Å². The zero-order valence-electron chi connectivity index (χ0n) is 13.4. The Morgan fingerprint density at radius 2 is 2.09 bits per heavy atom. The zero-order chi connectivity index (χ0) is 16.0. The Labute approximate surface area is 140 Å². The minimum Gasteiger partial charge on any atom is -0.332 e. The maximum Gasteiger partial charge on any atom is 0.236 e. The Kier molecular flexibility index (Phi) is 3.64. The number of hydrogen-bond acceptors (Lipinski definition) is 4. The van der Waals surface area contributed by atoms with Gasteiger partial charge in [-0.25, -0.2) is 0 Å². The van der Waals surface area contributed by atoms with Crippen molar-refractivity contribution in [3.8, 4) is 0 Å². The Hall–Kier alpha value is -1.82. The van der Waals surface area contributed by atoms with Crippen LogP contribution in [0.3, 0.4) is 0 Å². The summed E-state index contributed by atoms with van der Waals surface area (Å²) in [5.74, 6) is 2.52. The summed E-state index contributed by atoms with van der Waals surface area (Å²) in [5.41, 5.74) is 1.29. The van der Waals surface area contributed by atoms with Crippen LogP contribution in [-0.2, 0) is 24.3 Å². The van der Waals surface area contributed by atoms with Crippen molar-refractivity contribution in [1.82, 2.24) is 19.7 Å². The quantitative estimate of drug-likeness (QED) is 0.850. The first-order valence-electron chi connectivity index (χ1n) is 8.09. The van der Waals surface area contributed by atoms with Crippen LogP contribution in [0.2, 0.25) is 0 Å². The van der Waals surface area contributed by atoms with Gasteiger partial charge in [0, 0.05) is 23.9 Å². The van der Waals surface area contributed by atoms with Crippen molar-refractivity contribution in [2.45, 2.75) is 49.4 Å². The fraction of sp³-hybridized carbons (Fsp3) is 0.471. The van der Waals surface area contributed by atoms with Gasteiger partial charge in [-0.1, -0.05) is 32.0 Å². The molecule has 0 aliphatic carbocycles. The molecule has 4 rings (SSSR count). The molecule has 0 saturated heterocycles. The second-order valence-electron chi connectivity index (χ2n) is 6.46. The molecule has 0 saturated carbocycles. The third-order valence-corrected chi connectivity index (χ3v) is 5.84. The molecule has 120 valence electrons. The average molecular weight is 328 g/mol. The maximum atomic E-state index is 12.9. The minimum atomic E-state index is 0.00596. The summed E-state index contributed by atoms with van der Waals surface area (Å²) in [7, 11) is 0. The van der Waals surface area contributed by atoms with Crippen LogP contribution in [0.1, 0.15) is 37.0 Å². The summed E-state index contributed by atoms with van der Waals surface area (Å²) >= 11 is 1.70. The van der Waals surface area contributed by atoms with Crippen molar-refractivity contribution in [1.29, 1.82) is 0 Å². The predicted octanol–water partition coefficient (Wildman–Crippen LogP) is 2.46. The lowest BCUT2D eigenvalue weighted by Crippen LogP contribution is -2.43. The second-order valence-corrected chi connectivity index (χ2v) is 7.70. The number of benzene rings is 1. The monoisotopic (exact) mass is 328 g/mol. The van der Waals surface area contributed by atoms with Crippen molar-refractivity contribution in [2.75, 3.05) is 6.54 Å². The molecule has 0 fully saturated rings. The third-order valence-electron chi connectivity index (χ3n) is 4.53. The normalized spacial score (nSPS) is 19.8. The van der Waals surface area contributed by atoms with E-state index in [9.17, 15) is 4.79 Å². The van der Waals surface area contributed by atoms with Crippen LogP contribution in [0.4, 0.5) is 0 Å². The highest BCUT2D eigenvalue weighted by Gasteiger charge is 2.33. The maximum absolute atomic E-state index is 12.9. The van der Waals surface area contributed by atoms with E-state index in [2.05, 4.69) is 40.7 Å². The van der Waals surface area contributed by atoms with Gasteiger partial charge in [-0.3, -0.25) is 4.79 Å². The van der Waals surface area contributed by atoms with E-state index in [4.69, 9.17) is 0 Å². The standard InChI is InChI=1S/C17H20N4OS/c1-11(2)16-19-18-15-10-20(7-8-21(15)16)17(22)14-9-12-5-3-4-6-13(12)23-14/h3-6,11,14H,7-10H2,1-2H3/t14-/m1/s1. The smallest absolute Gasteiger partial charge is 0.236 e. The molecule has 2 aliphatic rings. The molecule has 5 nitrogen and oxygen atoms in total. The number of thioether (sulfide) groups is 1. The molecular formula is C17H20N4OS. The minimum absolute atomic E-state index is 0.00596. The van der Waals surface area contributed by atoms with Crippen molar-refractivity contribution in [3.63, 3.8) is 0 Å². The number of hydrogen-bond donors (Lipinski definition) is 0.